The number of allylic oxidation sites excluding steroid dienone is 20. The van der Waals surface area contributed by atoms with Crippen molar-refractivity contribution < 1.29 is 80.2 Å². The van der Waals surface area contributed by atoms with Crippen molar-refractivity contribution in [1.29, 1.82) is 0 Å². The molecule has 598 valence electrons. The second kappa shape index (κ2) is 76.6. The van der Waals surface area contributed by atoms with Gasteiger partial charge in [-0.1, -0.05) is 297 Å². The number of unbranched alkanes of at least 4 members (excludes halogenated alkanes) is 30. The average molecular weight is 1500 g/mol. The minimum absolute atomic E-state index is 0.0326. The molecule has 19 heteroatoms. The minimum Gasteiger partial charge on any atom is -0.462 e. The lowest BCUT2D eigenvalue weighted by Gasteiger charge is -2.21. The number of phosphoric acid groups is 2. The lowest BCUT2D eigenvalue weighted by molar-refractivity contribution is -0.161. The summed E-state index contributed by atoms with van der Waals surface area (Å²) >= 11 is 0. The van der Waals surface area contributed by atoms with Crippen LogP contribution < -0.4 is 0 Å². The summed E-state index contributed by atoms with van der Waals surface area (Å²) in [6.07, 6.45) is 84.6. The standard InChI is InChI=1S/C85H146O17P2/c1-5-9-13-17-21-25-29-33-37-38-39-40-44-46-50-54-58-62-66-70-83(88)96-76-81(102-85(90)72-68-64-60-56-52-48-43-36-32-28-24-20-16-12-8-4)78-100-104(93,94)98-74-79(86)73-97-103(91,92)99-77-80(101-84(89)71-67-63-59-55-51-47-42-35-31-27-23-19-15-11-7-3)75-95-82(87)69-65-61-57-53-49-45-41-34-30-26-22-18-14-10-6-2/h9,12-13,16,21,24-25,28,33-34,36-37,39-41,43,46,50,52,56,79-81,86H,5-8,10-11,14-15,17-20,22-23,26-27,29-32,35,38,42,44-45,47-49,51,53-55,57-78H2,1-4H3,(H,91,92)(H,93,94)/b13-9-,16-12-,25-21-,28-24-,37-33-,40-39-,41-34-,43-36-,50-46-,56-52-. The second-order valence-electron chi connectivity index (χ2n) is 27.0. The van der Waals surface area contributed by atoms with Gasteiger partial charge in [0.25, 0.3) is 0 Å². The highest BCUT2D eigenvalue weighted by molar-refractivity contribution is 7.47. The van der Waals surface area contributed by atoms with Gasteiger partial charge in [-0.25, -0.2) is 9.13 Å². The SMILES string of the molecule is CC/C=C\C/C=C\C/C=C\C/C=C\C/C=C\CCCCCC(=O)OCC(COP(=O)(O)OCC(O)COP(=O)(O)OCC(COC(=O)CCCCCCC/C=C\CCCCCCCC)OC(=O)CCCCCCCCCCCCCCCCC)OC(=O)CCCC/C=C\C/C=C\C/C=C\C/C=C\CC. The molecule has 0 aliphatic rings. The number of ether oxygens (including phenoxy) is 4. The molecule has 5 atom stereocenters. The number of hydrogen-bond donors (Lipinski definition) is 3. The molecule has 0 aromatic rings. The fourth-order valence-corrected chi connectivity index (χ4v) is 12.3. The van der Waals surface area contributed by atoms with Gasteiger partial charge in [0.2, 0.25) is 0 Å². The van der Waals surface area contributed by atoms with E-state index >= 15 is 0 Å². The minimum atomic E-state index is -5.00. The van der Waals surface area contributed by atoms with Crippen LogP contribution in [0.3, 0.4) is 0 Å². The van der Waals surface area contributed by atoms with E-state index in [1.165, 1.54) is 103 Å². The van der Waals surface area contributed by atoms with Crippen LogP contribution in [0.4, 0.5) is 0 Å². The summed E-state index contributed by atoms with van der Waals surface area (Å²) in [6.45, 7) is 4.59. The number of aliphatic hydroxyl groups excluding tert-OH is 1. The van der Waals surface area contributed by atoms with Gasteiger partial charge in [-0.3, -0.25) is 37.3 Å². The Balaban J connectivity index is 5.42. The predicted molar refractivity (Wildman–Crippen MR) is 427 cm³/mol. The Labute approximate surface area is 632 Å². The zero-order valence-corrected chi connectivity index (χ0v) is 67.2. The molecule has 0 heterocycles. The molecule has 0 saturated carbocycles. The zero-order valence-electron chi connectivity index (χ0n) is 65.4. The Kier molecular flexibility index (Phi) is 73.3. The molecule has 0 aromatic carbocycles. The quantitative estimate of drug-likeness (QED) is 0.0169. The molecule has 17 nitrogen and oxygen atoms in total. The monoisotopic (exact) mass is 1500 g/mol. The van der Waals surface area contributed by atoms with Gasteiger partial charge in [0, 0.05) is 25.7 Å². The fraction of sp³-hybridized carbons (Fsp3) is 0.718. The molecule has 0 aliphatic heterocycles. The Morgan fingerprint density at radius 2 is 0.500 bits per heavy atom. The number of rotatable bonds is 76. The first-order valence-corrected chi connectivity index (χ1v) is 43.8. The van der Waals surface area contributed by atoms with E-state index < -0.39 is 97.5 Å². The number of carbonyl (C=O) groups excluding carboxylic acids is 4. The van der Waals surface area contributed by atoms with Gasteiger partial charge in [-0.05, 0) is 135 Å². The number of phosphoric ester groups is 2. The van der Waals surface area contributed by atoms with Crippen LogP contribution in [0.2, 0.25) is 0 Å². The number of hydrogen-bond acceptors (Lipinski definition) is 15. The van der Waals surface area contributed by atoms with Crippen LogP contribution in [0.25, 0.3) is 0 Å². The molecular formula is C85H146O17P2. The molecule has 0 rings (SSSR count). The molecule has 5 unspecified atom stereocenters. The van der Waals surface area contributed by atoms with E-state index in [9.17, 15) is 43.2 Å². The van der Waals surface area contributed by atoms with Gasteiger partial charge in [0.1, 0.15) is 19.3 Å². The Morgan fingerprint density at radius 1 is 0.279 bits per heavy atom. The Morgan fingerprint density at radius 3 is 0.808 bits per heavy atom. The number of aliphatic hydroxyl groups is 1. The van der Waals surface area contributed by atoms with Crippen LogP contribution >= 0.6 is 15.6 Å². The van der Waals surface area contributed by atoms with E-state index in [2.05, 4.69) is 149 Å². The Bertz CT molecular complexity index is 2440. The lowest BCUT2D eigenvalue weighted by Crippen LogP contribution is -2.30. The summed E-state index contributed by atoms with van der Waals surface area (Å²) in [4.78, 5) is 73.1. The van der Waals surface area contributed by atoms with Crippen LogP contribution in [0.5, 0.6) is 0 Å². The lowest BCUT2D eigenvalue weighted by atomic mass is 10.0. The van der Waals surface area contributed by atoms with Crippen molar-refractivity contribution in [3.05, 3.63) is 122 Å². The summed E-state index contributed by atoms with van der Waals surface area (Å²) in [5, 5.41) is 10.6. The predicted octanol–water partition coefficient (Wildman–Crippen LogP) is 23.9. The third kappa shape index (κ3) is 75.7. The van der Waals surface area contributed by atoms with Crippen molar-refractivity contribution in [3.63, 3.8) is 0 Å². The van der Waals surface area contributed by atoms with Crippen LogP contribution in [0.1, 0.15) is 336 Å². The molecule has 3 N–H and O–H groups in total. The molecule has 0 fully saturated rings. The Hall–Kier alpha value is -4.54. The van der Waals surface area contributed by atoms with E-state index in [1.807, 2.05) is 0 Å². The third-order valence-corrected chi connectivity index (χ3v) is 18.8. The normalized spacial score (nSPS) is 14.5. The number of carbonyl (C=O) groups is 4. The molecule has 0 saturated heterocycles. The molecule has 0 aromatic heterocycles. The molecule has 104 heavy (non-hydrogen) atoms. The highest BCUT2D eigenvalue weighted by Crippen LogP contribution is 2.45. The summed E-state index contributed by atoms with van der Waals surface area (Å²) in [6, 6.07) is 0. The van der Waals surface area contributed by atoms with Crippen molar-refractivity contribution in [2.75, 3.05) is 39.6 Å². The van der Waals surface area contributed by atoms with Crippen molar-refractivity contribution in [3.8, 4) is 0 Å². The van der Waals surface area contributed by atoms with E-state index in [0.29, 0.717) is 32.1 Å². The second-order valence-corrected chi connectivity index (χ2v) is 29.9. The largest absolute Gasteiger partial charge is 0.472 e. The fourth-order valence-electron chi connectivity index (χ4n) is 10.8. The summed E-state index contributed by atoms with van der Waals surface area (Å²) in [5.41, 5.74) is 0. The van der Waals surface area contributed by atoms with Gasteiger partial charge < -0.3 is 33.8 Å². The van der Waals surface area contributed by atoms with Crippen molar-refractivity contribution in [1.82, 2.24) is 0 Å². The highest BCUT2D eigenvalue weighted by atomic mass is 31.2. The van der Waals surface area contributed by atoms with Crippen molar-refractivity contribution in [2.24, 2.45) is 0 Å². The van der Waals surface area contributed by atoms with E-state index in [-0.39, 0.29) is 25.7 Å². The van der Waals surface area contributed by atoms with Gasteiger partial charge in [-0.15, -0.1) is 0 Å². The maximum absolute atomic E-state index is 13.1. The van der Waals surface area contributed by atoms with Crippen LogP contribution in [-0.4, -0.2) is 96.7 Å². The first kappa shape index (κ1) is 99.5. The first-order chi connectivity index (χ1) is 50.7. The maximum Gasteiger partial charge on any atom is 0.472 e. The van der Waals surface area contributed by atoms with E-state index in [1.54, 1.807) is 0 Å². The highest BCUT2D eigenvalue weighted by Gasteiger charge is 2.30. The third-order valence-electron chi connectivity index (χ3n) is 16.9. The zero-order chi connectivity index (χ0) is 76.0. The smallest absolute Gasteiger partial charge is 0.462 e. The summed E-state index contributed by atoms with van der Waals surface area (Å²) in [5.74, 6) is -2.26. The van der Waals surface area contributed by atoms with Crippen LogP contribution in [0.15, 0.2) is 122 Å². The van der Waals surface area contributed by atoms with Crippen molar-refractivity contribution in [2.45, 2.75) is 354 Å². The van der Waals surface area contributed by atoms with Crippen LogP contribution in [-0.2, 0) is 65.4 Å². The van der Waals surface area contributed by atoms with E-state index in [0.717, 1.165) is 148 Å². The molecule has 0 aliphatic carbocycles. The topological polar surface area (TPSA) is 237 Å². The summed E-state index contributed by atoms with van der Waals surface area (Å²) in [7, 11) is -9.98. The van der Waals surface area contributed by atoms with E-state index in [4.69, 9.17) is 37.0 Å². The molecule has 0 bridgehead atoms. The maximum atomic E-state index is 13.1. The molecule has 0 amide bonds. The van der Waals surface area contributed by atoms with Crippen molar-refractivity contribution >= 4 is 39.5 Å². The van der Waals surface area contributed by atoms with Gasteiger partial charge >= 0.3 is 39.5 Å². The van der Waals surface area contributed by atoms with Gasteiger partial charge in [0.05, 0.1) is 26.4 Å². The molecule has 0 radical (unpaired) electrons. The summed E-state index contributed by atoms with van der Waals surface area (Å²) < 4.78 is 68.6. The van der Waals surface area contributed by atoms with Gasteiger partial charge in [0.15, 0.2) is 12.2 Å². The molecule has 0 spiro atoms. The number of esters is 4. The van der Waals surface area contributed by atoms with Crippen LogP contribution in [0, 0.1) is 0 Å². The molecular weight excluding hydrogens is 1350 g/mol. The average Bonchev–Trinajstić information content (AvgIpc) is 0.918. The van der Waals surface area contributed by atoms with Gasteiger partial charge in [-0.2, -0.15) is 0 Å². The first-order valence-electron chi connectivity index (χ1n) is 40.8.